The van der Waals surface area contributed by atoms with Gasteiger partial charge in [-0.25, -0.2) is 9.37 Å². The third kappa shape index (κ3) is 3.96. The van der Waals surface area contributed by atoms with Crippen LogP contribution in [0.25, 0.3) is 0 Å². The van der Waals surface area contributed by atoms with E-state index in [9.17, 15) is 9.18 Å². The van der Waals surface area contributed by atoms with Gasteiger partial charge in [0, 0.05) is 23.3 Å². The molecule has 3 heterocycles. The predicted octanol–water partition coefficient (Wildman–Crippen LogP) is 3.67. The molecule has 0 radical (unpaired) electrons. The van der Waals surface area contributed by atoms with E-state index in [1.807, 2.05) is 6.92 Å². The first kappa shape index (κ1) is 19.4. The zero-order chi connectivity index (χ0) is 20.5. The van der Waals surface area contributed by atoms with Crippen molar-refractivity contribution in [3.8, 4) is 0 Å². The van der Waals surface area contributed by atoms with E-state index in [2.05, 4.69) is 31.0 Å². The molecule has 3 N–H and O–H groups in total. The van der Waals surface area contributed by atoms with Crippen molar-refractivity contribution < 1.29 is 9.18 Å². The van der Waals surface area contributed by atoms with E-state index in [1.165, 1.54) is 12.1 Å². The van der Waals surface area contributed by atoms with E-state index in [0.717, 1.165) is 5.69 Å². The maximum absolute atomic E-state index is 13.7. The van der Waals surface area contributed by atoms with Crippen molar-refractivity contribution in [2.45, 2.75) is 26.1 Å². The number of aromatic nitrogens is 4. The number of hydrogen-bond acceptors (Lipinski definition) is 6. The Balaban J connectivity index is 1.51. The van der Waals surface area contributed by atoms with E-state index >= 15 is 0 Å². The summed E-state index contributed by atoms with van der Waals surface area (Å²) >= 11 is 12.1. The van der Waals surface area contributed by atoms with Gasteiger partial charge in [-0.1, -0.05) is 23.2 Å². The average Bonchev–Trinajstić information content (AvgIpc) is 3.08. The van der Waals surface area contributed by atoms with Crippen molar-refractivity contribution in [3.63, 3.8) is 0 Å². The minimum Gasteiger partial charge on any atom is -0.366 e. The average molecular weight is 436 g/mol. The lowest BCUT2D eigenvalue weighted by atomic mass is 10.1. The van der Waals surface area contributed by atoms with E-state index in [4.69, 9.17) is 23.2 Å². The molecular formula is C18H16Cl2FN7O. The zero-order valence-electron chi connectivity index (χ0n) is 15.2. The third-order valence-corrected chi connectivity index (χ3v) is 5.21. The maximum Gasteiger partial charge on any atom is 0.242 e. The van der Waals surface area contributed by atoms with Gasteiger partial charge in [-0.05, 0) is 25.1 Å². The normalized spacial score (nSPS) is 15.6. The largest absolute Gasteiger partial charge is 0.366 e. The number of carbonyl (C=O) groups is 1. The van der Waals surface area contributed by atoms with Crippen molar-refractivity contribution in [3.05, 3.63) is 57.7 Å². The van der Waals surface area contributed by atoms with Crippen molar-refractivity contribution >= 4 is 46.6 Å². The molecule has 0 saturated heterocycles. The predicted molar refractivity (Wildman–Crippen MR) is 108 cm³/mol. The number of nitrogens with zero attached hydrogens (tertiary/aromatic N) is 4. The van der Waals surface area contributed by atoms with Gasteiger partial charge in [-0.15, -0.1) is 0 Å². The summed E-state index contributed by atoms with van der Waals surface area (Å²) in [7, 11) is 0. The minimum absolute atomic E-state index is 0.0278. The Morgan fingerprint density at radius 1 is 1.34 bits per heavy atom. The summed E-state index contributed by atoms with van der Waals surface area (Å²) in [5.41, 5.74) is 1.98. The van der Waals surface area contributed by atoms with Crippen LogP contribution < -0.4 is 16.0 Å². The molecule has 0 fully saturated rings. The van der Waals surface area contributed by atoms with E-state index < -0.39 is 5.82 Å². The lowest BCUT2D eigenvalue weighted by molar-refractivity contribution is -0.123. The highest BCUT2D eigenvalue weighted by Crippen LogP contribution is 2.29. The molecule has 8 nitrogen and oxygen atoms in total. The summed E-state index contributed by atoms with van der Waals surface area (Å²) in [6.45, 7) is 2.23. The number of fused-ring (bicyclic) bond motifs is 1. The molecule has 1 amide bonds. The molecule has 0 aliphatic carbocycles. The highest BCUT2D eigenvalue weighted by atomic mass is 35.5. The molecule has 1 unspecified atom stereocenters. The van der Waals surface area contributed by atoms with Crippen LogP contribution in [0.5, 0.6) is 0 Å². The van der Waals surface area contributed by atoms with Gasteiger partial charge in [0.1, 0.15) is 18.2 Å². The van der Waals surface area contributed by atoms with Crippen LogP contribution >= 0.6 is 23.2 Å². The molecule has 4 rings (SSSR count). The minimum atomic E-state index is -0.537. The number of anilines is 3. The van der Waals surface area contributed by atoms with Gasteiger partial charge in [-0.2, -0.15) is 10.1 Å². The summed E-state index contributed by atoms with van der Waals surface area (Å²) < 4.78 is 15.3. The number of nitrogens with one attached hydrogen (secondary N) is 3. The standard InChI is InChI=1S/C18H16Cl2FN7O/c1-9-17-13(7-24-28(17)8-15(29)25-9)26-18-22-5-4-14(27-18)23-6-10-11(19)2-3-12(21)16(10)20/h2-5,7,9H,6,8H2,1H3,(H,25,29)(H2,22,23,26,27). The fourth-order valence-corrected chi connectivity index (χ4v) is 3.62. The van der Waals surface area contributed by atoms with Gasteiger partial charge in [0.25, 0.3) is 0 Å². The summed E-state index contributed by atoms with van der Waals surface area (Å²) in [6, 6.07) is 4.15. The van der Waals surface area contributed by atoms with E-state index in [1.54, 1.807) is 23.1 Å². The molecule has 0 bridgehead atoms. The fourth-order valence-electron chi connectivity index (χ4n) is 3.11. The fraction of sp³-hybridized carbons (Fsp3) is 0.222. The molecular weight excluding hydrogens is 420 g/mol. The first-order valence-corrected chi connectivity index (χ1v) is 9.49. The Morgan fingerprint density at radius 2 is 2.17 bits per heavy atom. The monoisotopic (exact) mass is 435 g/mol. The highest BCUT2D eigenvalue weighted by molar-refractivity contribution is 6.36. The second-order valence-electron chi connectivity index (χ2n) is 6.46. The summed E-state index contributed by atoms with van der Waals surface area (Å²) in [5.74, 6) is 0.217. The first-order chi connectivity index (χ1) is 13.9. The molecule has 1 aliphatic rings. The molecule has 29 heavy (non-hydrogen) atoms. The van der Waals surface area contributed by atoms with Gasteiger partial charge < -0.3 is 16.0 Å². The van der Waals surface area contributed by atoms with Gasteiger partial charge >= 0.3 is 0 Å². The smallest absolute Gasteiger partial charge is 0.242 e. The molecule has 0 spiro atoms. The second-order valence-corrected chi connectivity index (χ2v) is 7.24. The summed E-state index contributed by atoms with van der Waals surface area (Å²) in [6.07, 6.45) is 3.20. The number of hydrogen-bond donors (Lipinski definition) is 3. The Bertz CT molecular complexity index is 1090. The first-order valence-electron chi connectivity index (χ1n) is 8.73. The van der Waals surface area contributed by atoms with Crippen LogP contribution in [0.4, 0.5) is 21.8 Å². The topological polar surface area (TPSA) is 96.8 Å². The second kappa shape index (κ2) is 7.84. The molecule has 0 saturated carbocycles. The molecule has 11 heteroatoms. The Hall–Kier alpha value is -2.91. The van der Waals surface area contributed by atoms with Gasteiger partial charge in [0.15, 0.2) is 0 Å². The van der Waals surface area contributed by atoms with E-state index in [-0.39, 0.29) is 30.1 Å². The highest BCUT2D eigenvalue weighted by Gasteiger charge is 2.25. The van der Waals surface area contributed by atoms with Crippen LogP contribution in [0, 0.1) is 5.82 Å². The Kier molecular flexibility index (Phi) is 5.25. The van der Waals surface area contributed by atoms with Crippen LogP contribution in [0.3, 0.4) is 0 Å². The summed E-state index contributed by atoms with van der Waals surface area (Å²) in [5, 5.41) is 13.6. The van der Waals surface area contributed by atoms with Crippen LogP contribution in [-0.2, 0) is 17.9 Å². The van der Waals surface area contributed by atoms with Gasteiger partial charge in [-0.3, -0.25) is 9.48 Å². The van der Waals surface area contributed by atoms with Crippen molar-refractivity contribution in [1.82, 2.24) is 25.1 Å². The van der Waals surface area contributed by atoms with Gasteiger partial charge in [0.2, 0.25) is 11.9 Å². The van der Waals surface area contributed by atoms with Crippen LogP contribution in [0.15, 0.2) is 30.6 Å². The number of rotatable bonds is 5. The third-order valence-electron chi connectivity index (χ3n) is 4.45. The van der Waals surface area contributed by atoms with Crippen LogP contribution in [0.1, 0.15) is 24.2 Å². The van der Waals surface area contributed by atoms with Gasteiger partial charge in [0.05, 0.1) is 28.6 Å². The molecule has 1 atom stereocenters. The Labute approximate surface area is 175 Å². The molecule has 3 aromatic rings. The molecule has 1 aromatic carbocycles. The molecule has 2 aromatic heterocycles. The molecule has 1 aliphatic heterocycles. The number of carbonyl (C=O) groups excluding carboxylic acids is 1. The van der Waals surface area contributed by atoms with Crippen LogP contribution in [0.2, 0.25) is 10.0 Å². The lowest BCUT2D eigenvalue weighted by Crippen LogP contribution is -2.37. The zero-order valence-corrected chi connectivity index (χ0v) is 16.7. The van der Waals surface area contributed by atoms with Crippen molar-refractivity contribution in [2.75, 3.05) is 10.6 Å². The van der Waals surface area contributed by atoms with E-state index in [0.29, 0.717) is 28.0 Å². The number of benzene rings is 1. The van der Waals surface area contributed by atoms with Crippen molar-refractivity contribution in [1.29, 1.82) is 0 Å². The SMILES string of the molecule is CC1NC(=O)Cn2ncc(Nc3nccc(NCc4c(Cl)ccc(F)c4Cl)n3)c21. The molecule has 150 valence electrons. The number of halogens is 3. The van der Waals surface area contributed by atoms with Crippen LogP contribution in [-0.4, -0.2) is 25.7 Å². The number of amides is 1. The Morgan fingerprint density at radius 3 is 3.00 bits per heavy atom. The summed E-state index contributed by atoms with van der Waals surface area (Å²) in [4.78, 5) is 20.2. The van der Waals surface area contributed by atoms with Crippen molar-refractivity contribution in [2.24, 2.45) is 0 Å². The quantitative estimate of drug-likeness (QED) is 0.529. The maximum atomic E-state index is 13.7. The lowest BCUT2D eigenvalue weighted by Gasteiger charge is -2.22.